The molecule has 0 N–H and O–H groups in total. The van der Waals surface area contributed by atoms with Crippen molar-refractivity contribution in [1.29, 1.82) is 0 Å². The Kier molecular flexibility index (Phi) is 3.91. The number of rotatable bonds is 3. The van der Waals surface area contributed by atoms with Crippen molar-refractivity contribution in [1.82, 2.24) is 0 Å². The standard InChI is InChI=1S/C15H16FP/c1-2-4-11-7-9-12(10-8-11)13-5-3-6-14(17)15(13)16/h3,5-10H,2,4,17H2,1H3. The van der Waals surface area contributed by atoms with Gasteiger partial charge in [0.05, 0.1) is 0 Å². The lowest BCUT2D eigenvalue weighted by atomic mass is 10.0. The van der Waals surface area contributed by atoms with Crippen molar-refractivity contribution < 1.29 is 4.39 Å². The first-order valence-corrected chi connectivity index (χ1v) is 6.43. The Morgan fingerprint density at radius 3 is 2.41 bits per heavy atom. The molecule has 0 saturated carbocycles. The van der Waals surface area contributed by atoms with Crippen LogP contribution in [0.3, 0.4) is 0 Å². The highest BCUT2D eigenvalue weighted by molar-refractivity contribution is 7.27. The molecule has 0 radical (unpaired) electrons. The van der Waals surface area contributed by atoms with E-state index in [-0.39, 0.29) is 5.82 Å². The van der Waals surface area contributed by atoms with Crippen LogP contribution in [-0.4, -0.2) is 0 Å². The molecule has 0 spiro atoms. The van der Waals surface area contributed by atoms with Gasteiger partial charge in [-0.25, -0.2) is 4.39 Å². The minimum Gasteiger partial charge on any atom is -0.206 e. The van der Waals surface area contributed by atoms with E-state index in [9.17, 15) is 4.39 Å². The molecule has 1 atom stereocenters. The van der Waals surface area contributed by atoms with Crippen molar-refractivity contribution in [3.05, 3.63) is 53.8 Å². The van der Waals surface area contributed by atoms with Gasteiger partial charge in [0, 0.05) is 10.9 Å². The second-order valence-electron chi connectivity index (χ2n) is 4.16. The van der Waals surface area contributed by atoms with E-state index in [0.717, 1.165) is 18.4 Å². The summed E-state index contributed by atoms with van der Waals surface area (Å²) in [6, 6.07) is 13.6. The summed E-state index contributed by atoms with van der Waals surface area (Å²) in [5.74, 6) is -0.152. The van der Waals surface area contributed by atoms with E-state index < -0.39 is 0 Å². The van der Waals surface area contributed by atoms with Gasteiger partial charge in [-0.3, -0.25) is 0 Å². The Morgan fingerprint density at radius 1 is 1.06 bits per heavy atom. The van der Waals surface area contributed by atoms with Crippen LogP contribution in [0, 0.1) is 5.82 Å². The van der Waals surface area contributed by atoms with Gasteiger partial charge in [-0.1, -0.05) is 55.8 Å². The highest BCUT2D eigenvalue weighted by Crippen LogP contribution is 2.23. The summed E-state index contributed by atoms with van der Waals surface area (Å²) in [4.78, 5) is 0. The van der Waals surface area contributed by atoms with Crippen LogP contribution in [0.25, 0.3) is 11.1 Å². The second kappa shape index (κ2) is 5.42. The molecule has 0 saturated heterocycles. The monoisotopic (exact) mass is 246 g/mol. The van der Waals surface area contributed by atoms with Crippen molar-refractivity contribution in [2.45, 2.75) is 19.8 Å². The van der Waals surface area contributed by atoms with Crippen molar-refractivity contribution in [2.24, 2.45) is 0 Å². The molecule has 1 unspecified atom stereocenters. The Balaban J connectivity index is 2.36. The van der Waals surface area contributed by atoms with Gasteiger partial charge >= 0.3 is 0 Å². The molecule has 0 fully saturated rings. The molecule has 0 bridgehead atoms. The third kappa shape index (κ3) is 2.73. The van der Waals surface area contributed by atoms with Crippen LogP contribution >= 0.6 is 9.24 Å². The molecular weight excluding hydrogens is 230 g/mol. The third-order valence-corrected chi connectivity index (χ3v) is 3.28. The summed E-state index contributed by atoms with van der Waals surface area (Å²) in [5, 5.41) is 0.611. The zero-order chi connectivity index (χ0) is 12.3. The fourth-order valence-electron chi connectivity index (χ4n) is 1.91. The van der Waals surface area contributed by atoms with Gasteiger partial charge in [-0.2, -0.15) is 0 Å². The molecule has 2 rings (SSSR count). The predicted molar refractivity (Wildman–Crippen MR) is 75.2 cm³/mol. The lowest BCUT2D eigenvalue weighted by Crippen LogP contribution is -1.99. The van der Waals surface area contributed by atoms with E-state index in [1.807, 2.05) is 24.3 Å². The smallest absolute Gasteiger partial charge is 0.138 e. The average molecular weight is 246 g/mol. The largest absolute Gasteiger partial charge is 0.206 e. The molecular formula is C15H16FP. The molecule has 0 heterocycles. The summed E-state index contributed by atoms with van der Waals surface area (Å²) in [7, 11) is 2.42. The van der Waals surface area contributed by atoms with Crippen molar-refractivity contribution in [3.63, 3.8) is 0 Å². The summed E-state index contributed by atoms with van der Waals surface area (Å²) < 4.78 is 13.9. The number of benzene rings is 2. The Morgan fingerprint density at radius 2 is 1.76 bits per heavy atom. The molecule has 2 aromatic carbocycles. The molecule has 17 heavy (non-hydrogen) atoms. The maximum absolute atomic E-state index is 13.9. The van der Waals surface area contributed by atoms with Crippen molar-refractivity contribution >= 4 is 14.5 Å². The summed E-state index contributed by atoms with van der Waals surface area (Å²) in [6.07, 6.45) is 2.21. The van der Waals surface area contributed by atoms with Crippen LogP contribution in [0.5, 0.6) is 0 Å². The van der Waals surface area contributed by atoms with Gasteiger partial charge in [0.15, 0.2) is 0 Å². The first-order chi connectivity index (χ1) is 8.22. The van der Waals surface area contributed by atoms with Gasteiger partial charge in [0.1, 0.15) is 5.82 Å². The summed E-state index contributed by atoms with van der Waals surface area (Å²) in [5.41, 5.74) is 2.91. The van der Waals surface area contributed by atoms with E-state index >= 15 is 0 Å². The molecule has 0 nitrogen and oxygen atoms in total. The van der Waals surface area contributed by atoms with Gasteiger partial charge in [0.2, 0.25) is 0 Å². The van der Waals surface area contributed by atoms with E-state index in [1.54, 1.807) is 6.07 Å². The van der Waals surface area contributed by atoms with Gasteiger partial charge in [-0.05, 0) is 17.5 Å². The first kappa shape index (κ1) is 12.3. The number of hydrogen-bond donors (Lipinski definition) is 0. The Hall–Kier alpha value is -1.20. The first-order valence-electron chi connectivity index (χ1n) is 5.85. The molecule has 0 aliphatic rings. The lowest BCUT2D eigenvalue weighted by Gasteiger charge is -2.06. The average Bonchev–Trinajstić information content (AvgIpc) is 2.34. The van der Waals surface area contributed by atoms with Gasteiger partial charge in [0.25, 0.3) is 0 Å². The van der Waals surface area contributed by atoms with E-state index in [1.165, 1.54) is 5.56 Å². The summed E-state index contributed by atoms with van der Waals surface area (Å²) in [6.45, 7) is 2.16. The van der Waals surface area contributed by atoms with Crippen LogP contribution in [0.2, 0.25) is 0 Å². The Labute approximate surface area is 104 Å². The van der Waals surface area contributed by atoms with Crippen LogP contribution < -0.4 is 5.30 Å². The maximum Gasteiger partial charge on any atom is 0.138 e. The van der Waals surface area contributed by atoms with Crippen molar-refractivity contribution in [2.75, 3.05) is 0 Å². The molecule has 2 aromatic rings. The maximum atomic E-state index is 13.9. The molecule has 0 aromatic heterocycles. The third-order valence-electron chi connectivity index (χ3n) is 2.83. The number of hydrogen-bond acceptors (Lipinski definition) is 0. The highest BCUT2D eigenvalue weighted by atomic mass is 31.0. The fraction of sp³-hybridized carbons (Fsp3) is 0.200. The van der Waals surface area contributed by atoms with E-state index in [4.69, 9.17) is 0 Å². The van der Waals surface area contributed by atoms with Crippen LogP contribution in [-0.2, 0) is 6.42 Å². The second-order valence-corrected chi connectivity index (χ2v) is 4.78. The molecule has 0 aliphatic heterocycles. The van der Waals surface area contributed by atoms with Gasteiger partial charge in [-0.15, -0.1) is 9.24 Å². The number of aryl methyl sites for hydroxylation is 1. The van der Waals surface area contributed by atoms with Gasteiger partial charge < -0.3 is 0 Å². The van der Waals surface area contributed by atoms with Crippen molar-refractivity contribution in [3.8, 4) is 11.1 Å². The minimum absolute atomic E-state index is 0.152. The molecule has 0 amide bonds. The molecule has 88 valence electrons. The normalized spacial score (nSPS) is 10.5. The molecule has 2 heteroatoms. The van der Waals surface area contributed by atoms with Crippen LogP contribution in [0.15, 0.2) is 42.5 Å². The summed E-state index contributed by atoms with van der Waals surface area (Å²) >= 11 is 0. The quantitative estimate of drug-likeness (QED) is 0.719. The van der Waals surface area contributed by atoms with Crippen LogP contribution in [0.4, 0.5) is 4.39 Å². The SMILES string of the molecule is CCCc1ccc(-c2cccc(P)c2F)cc1. The zero-order valence-electron chi connectivity index (χ0n) is 9.91. The highest BCUT2D eigenvalue weighted by Gasteiger charge is 2.06. The lowest BCUT2D eigenvalue weighted by molar-refractivity contribution is 0.640. The topological polar surface area (TPSA) is 0 Å². The Bertz CT molecular complexity index is 503. The fourth-order valence-corrected chi connectivity index (χ4v) is 2.18. The zero-order valence-corrected chi connectivity index (χ0v) is 11.1. The minimum atomic E-state index is -0.152. The van der Waals surface area contributed by atoms with E-state index in [2.05, 4.69) is 28.3 Å². The molecule has 0 aliphatic carbocycles. The number of halogens is 1. The van der Waals surface area contributed by atoms with E-state index in [0.29, 0.717) is 10.9 Å². The van der Waals surface area contributed by atoms with Crippen LogP contribution in [0.1, 0.15) is 18.9 Å². The predicted octanol–water partition coefficient (Wildman–Crippen LogP) is 3.95.